The van der Waals surface area contributed by atoms with Crippen molar-refractivity contribution in [3.63, 3.8) is 0 Å². The van der Waals surface area contributed by atoms with Crippen molar-refractivity contribution in [3.8, 4) is 11.4 Å². The van der Waals surface area contributed by atoms with Crippen LogP contribution in [0.1, 0.15) is 25.2 Å². The van der Waals surface area contributed by atoms with Crippen LogP contribution in [0.5, 0.6) is 0 Å². The van der Waals surface area contributed by atoms with Crippen molar-refractivity contribution in [1.82, 2.24) is 15.0 Å². The molecule has 0 amide bonds. The Bertz CT molecular complexity index is 629. The summed E-state index contributed by atoms with van der Waals surface area (Å²) >= 11 is 5.88. The topological polar surface area (TPSA) is 62.4 Å². The Kier molecular flexibility index (Phi) is 5.30. The summed E-state index contributed by atoms with van der Waals surface area (Å²) in [6, 6.07) is 7.39. The SMILES string of the molecule is CN(CCc1nc(-c2ccc(Cl)cc2)no1)CC1CCCC1O. The lowest BCUT2D eigenvalue weighted by Crippen LogP contribution is -2.31. The standard InChI is InChI=1S/C17H22ClN3O2/c1-21(11-13-3-2-4-15(13)22)10-9-16-19-17(20-23-16)12-5-7-14(18)8-6-12/h5-8,13,15,22H,2-4,9-11H2,1H3. The Morgan fingerprint density at radius 2 is 2.09 bits per heavy atom. The molecule has 1 aromatic carbocycles. The van der Waals surface area contributed by atoms with E-state index in [-0.39, 0.29) is 6.10 Å². The monoisotopic (exact) mass is 335 g/mol. The van der Waals surface area contributed by atoms with Gasteiger partial charge in [-0.15, -0.1) is 0 Å². The zero-order valence-corrected chi connectivity index (χ0v) is 14.0. The van der Waals surface area contributed by atoms with Gasteiger partial charge in [0.2, 0.25) is 11.7 Å². The van der Waals surface area contributed by atoms with Crippen LogP contribution in [0.4, 0.5) is 0 Å². The minimum atomic E-state index is -0.141. The van der Waals surface area contributed by atoms with E-state index in [2.05, 4.69) is 22.1 Å². The van der Waals surface area contributed by atoms with Crippen molar-refractivity contribution >= 4 is 11.6 Å². The van der Waals surface area contributed by atoms with Gasteiger partial charge in [-0.1, -0.05) is 23.2 Å². The highest BCUT2D eigenvalue weighted by Gasteiger charge is 2.26. The zero-order chi connectivity index (χ0) is 16.2. The molecule has 1 N–H and O–H groups in total. The molecule has 0 radical (unpaired) electrons. The molecule has 1 aliphatic rings. The second-order valence-corrected chi connectivity index (χ2v) is 6.73. The molecule has 6 heteroatoms. The molecular formula is C17H22ClN3O2. The van der Waals surface area contributed by atoms with Crippen LogP contribution in [-0.4, -0.2) is 46.4 Å². The predicted octanol–water partition coefficient (Wildman–Crippen LogP) is 3.03. The Hall–Kier alpha value is -1.43. The minimum Gasteiger partial charge on any atom is -0.393 e. The van der Waals surface area contributed by atoms with Crippen LogP contribution in [0, 0.1) is 5.92 Å². The zero-order valence-electron chi connectivity index (χ0n) is 13.3. The van der Waals surface area contributed by atoms with Gasteiger partial charge in [0.1, 0.15) is 0 Å². The van der Waals surface area contributed by atoms with Crippen LogP contribution in [0.3, 0.4) is 0 Å². The summed E-state index contributed by atoms with van der Waals surface area (Å²) in [4.78, 5) is 6.66. The highest BCUT2D eigenvalue weighted by molar-refractivity contribution is 6.30. The minimum absolute atomic E-state index is 0.141. The molecule has 2 aromatic rings. The van der Waals surface area contributed by atoms with E-state index in [4.69, 9.17) is 16.1 Å². The van der Waals surface area contributed by atoms with E-state index in [0.717, 1.165) is 37.9 Å². The first-order valence-corrected chi connectivity index (χ1v) is 8.45. The van der Waals surface area contributed by atoms with E-state index in [0.29, 0.717) is 29.1 Å². The van der Waals surface area contributed by atoms with Gasteiger partial charge in [0.25, 0.3) is 0 Å². The van der Waals surface area contributed by atoms with Gasteiger partial charge in [0.05, 0.1) is 6.10 Å². The third-order valence-corrected chi connectivity index (χ3v) is 4.70. The molecule has 1 fully saturated rings. The lowest BCUT2D eigenvalue weighted by atomic mass is 10.1. The van der Waals surface area contributed by atoms with Gasteiger partial charge in [0, 0.05) is 30.1 Å². The first kappa shape index (κ1) is 16.4. The van der Waals surface area contributed by atoms with Crippen molar-refractivity contribution in [1.29, 1.82) is 0 Å². The van der Waals surface area contributed by atoms with E-state index < -0.39 is 0 Å². The largest absolute Gasteiger partial charge is 0.393 e. The van der Waals surface area contributed by atoms with E-state index in [9.17, 15) is 5.11 Å². The van der Waals surface area contributed by atoms with E-state index in [1.165, 1.54) is 0 Å². The van der Waals surface area contributed by atoms with E-state index in [1.807, 2.05) is 24.3 Å². The smallest absolute Gasteiger partial charge is 0.228 e. The first-order chi connectivity index (χ1) is 11.1. The highest BCUT2D eigenvalue weighted by atomic mass is 35.5. The molecule has 1 heterocycles. The predicted molar refractivity (Wildman–Crippen MR) is 89.3 cm³/mol. The molecule has 1 saturated carbocycles. The maximum absolute atomic E-state index is 9.90. The fourth-order valence-electron chi connectivity index (χ4n) is 3.08. The van der Waals surface area contributed by atoms with Gasteiger partial charge in [-0.3, -0.25) is 0 Å². The summed E-state index contributed by atoms with van der Waals surface area (Å²) in [5, 5.41) is 14.6. The summed E-state index contributed by atoms with van der Waals surface area (Å²) < 4.78 is 5.32. The van der Waals surface area contributed by atoms with Gasteiger partial charge in [-0.25, -0.2) is 0 Å². The van der Waals surface area contributed by atoms with Crippen molar-refractivity contribution in [2.75, 3.05) is 20.1 Å². The summed E-state index contributed by atoms with van der Waals surface area (Å²) in [6.07, 6.45) is 3.75. The van der Waals surface area contributed by atoms with Gasteiger partial charge in [-0.2, -0.15) is 4.98 Å². The number of aliphatic hydroxyl groups is 1. The van der Waals surface area contributed by atoms with Crippen molar-refractivity contribution in [2.24, 2.45) is 5.92 Å². The summed E-state index contributed by atoms with van der Waals surface area (Å²) in [7, 11) is 2.07. The quantitative estimate of drug-likeness (QED) is 0.879. The number of halogens is 1. The number of aromatic nitrogens is 2. The number of nitrogens with zero attached hydrogens (tertiary/aromatic N) is 3. The number of likely N-dealkylation sites (N-methyl/N-ethyl adjacent to an activating group) is 1. The molecule has 5 nitrogen and oxygen atoms in total. The molecule has 0 saturated heterocycles. The van der Waals surface area contributed by atoms with Crippen molar-refractivity contribution in [2.45, 2.75) is 31.8 Å². The second kappa shape index (κ2) is 7.43. The molecule has 0 bridgehead atoms. The summed E-state index contributed by atoms with van der Waals surface area (Å²) in [6.45, 7) is 1.75. The summed E-state index contributed by atoms with van der Waals surface area (Å²) in [5.41, 5.74) is 0.895. The molecule has 2 atom stereocenters. The molecule has 0 aliphatic heterocycles. The van der Waals surface area contributed by atoms with E-state index >= 15 is 0 Å². The van der Waals surface area contributed by atoms with Gasteiger partial charge in [0.15, 0.2) is 0 Å². The third kappa shape index (κ3) is 4.31. The van der Waals surface area contributed by atoms with Crippen LogP contribution in [0.15, 0.2) is 28.8 Å². The fraction of sp³-hybridized carbons (Fsp3) is 0.529. The average Bonchev–Trinajstić information content (AvgIpc) is 3.16. The van der Waals surface area contributed by atoms with Crippen molar-refractivity contribution < 1.29 is 9.63 Å². The van der Waals surface area contributed by atoms with Crippen LogP contribution in [-0.2, 0) is 6.42 Å². The van der Waals surface area contributed by atoms with Crippen LogP contribution in [0.2, 0.25) is 5.02 Å². The normalized spacial score (nSPS) is 21.2. The Balaban J connectivity index is 1.51. The second-order valence-electron chi connectivity index (χ2n) is 6.29. The maximum atomic E-state index is 9.90. The van der Waals surface area contributed by atoms with Crippen LogP contribution < -0.4 is 0 Å². The molecule has 3 rings (SSSR count). The lowest BCUT2D eigenvalue weighted by molar-refractivity contribution is 0.109. The lowest BCUT2D eigenvalue weighted by Gasteiger charge is -2.22. The fourth-order valence-corrected chi connectivity index (χ4v) is 3.21. The van der Waals surface area contributed by atoms with E-state index in [1.54, 1.807) is 0 Å². The Morgan fingerprint density at radius 1 is 1.30 bits per heavy atom. The maximum Gasteiger partial charge on any atom is 0.228 e. The molecule has 1 aliphatic carbocycles. The number of benzene rings is 1. The van der Waals surface area contributed by atoms with Crippen molar-refractivity contribution in [3.05, 3.63) is 35.2 Å². The first-order valence-electron chi connectivity index (χ1n) is 8.07. The number of rotatable bonds is 6. The van der Waals surface area contributed by atoms with Gasteiger partial charge >= 0.3 is 0 Å². The van der Waals surface area contributed by atoms with Gasteiger partial charge < -0.3 is 14.5 Å². The number of hydrogen-bond donors (Lipinski definition) is 1. The molecule has 2 unspecified atom stereocenters. The number of aliphatic hydroxyl groups excluding tert-OH is 1. The summed E-state index contributed by atoms with van der Waals surface area (Å²) in [5.74, 6) is 1.62. The molecule has 23 heavy (non-hydrogen) atoms. The molecular weight excluding hydrogens is 314 g/mol. The van der Waals surface area contributed by atoms with Gasteiger partial charge in [-0.05, 0) is 50.1 Å². The molecule has 0 spiro atoms. The third-order valence-electron chi connectivity index (χ3n) is 4.44. The van der Waals surface area contributed by atoms with Crippen LogP contribution in [0.25, 0.3) is 11.4 Å². The highest BCUT2D eigenvalue weighted by Crippen LogP contribution is 2.26. The van der Waals surface area contributed by atoms with Crippen LogP contribution >= 0.6 is 11.6 Å². The molecule has 1 aromatic heterocycles. The number of hydrogen-bond acceptors (Lipinski definition) is 5. The average molecular weight is 336 g/mol. The Labute approximate surface area is 141 Å². The molecule has 124 valence electrons. The Morgan fingerprint density at radius 3 is 2.78 bits per heavy atom.